The largest absolute Gasteiger partial charge is 0.394 e. The first kappa shape index (κ1) is 12.0. The minimum atomic E-state index is -1.85. The van der Waals surface area contributed by atoms with Crippen molar-refractivity contribution in [2.24, 2.45) is 0 Å². The summed E-state index contributed by atoms with van der Waals surface area (Å²) in [6.07, 6.45) is -4.73. The van der Waals surface area contributed by atoms with E-state index in [1.165, 1.54) is 0 Å². The van der Waals surface area contributed by atoms with E-state index >= 15 is 0 Å². The molecule has 1 aromatic rings. The number of nitrogens with one attached hydrogen (secondary N) is 1. The molecule has 3 N–H and O–H groups in total. The Bertz CT molecular complexity index is 513. The van der Waals surface area contributed by atoms with Crippen molar-refractivity contribution in [3.05, 3.63) is 33.1 Å². The molecule has 1 saturated heterocycles. The van der Waals surface area contributed by atoms with E-state index in [2.05, 4.69) is 0 Å². The zero-order valence-electron chi connectivity index (χ0n) is 8.62. The van der Waals surface area contributed by atoms with Crippen molar-refractivity contribution >= 4 is 0 Å². The number of nitrogens with zero attached hydrogens (tertiary/aromatic N) is 1. The SMILES string of the molecule is O=c1ccn([C@@H]2O[C@H](CO)C(O)C2F)c(=O)[nH]1. The quantitative estimate of drug-likeness (QED) is 0.567. The van der Waals surface area contributed by atoms with Gasteiger partial charge in [-0.3, -0.25) is 14.3 Å². The molecule has 0 amide bonds. The van der Waals surface area contributed by atoms with Crippen molar-refractivity contribution in [1.29, 1.82) is 0 Å². The maximum atomic E-state index is 13.6. The number of ether oxygens (including phenoxy) is 1. The van der Waals surface area contributed by atoms with Gasteiger partial charge in [0.25, 0.3) is 5.56 Å². The molecule has 1 aromatic heterocycles. The number of hydrogen-bond donors (Lipinski definition) is 3. The normalized spacial score (nSPS) is 32.9. The highest BCUT2D eigenvalue weighted by molar-refractivity contribution is 4.93. The highest BCUT2D eigenvalue weighted by Crippen LogP contribution is 2.30. The topological polar surface area (TPSA) is 105 Å². The van der Waals surface area contributed by atoms with Crippen LogP contribution in [0.5, 0.6) is 0 Å². The second-order valence-electron chi connectivity index (χ2n) is 3.70. The third-order valence-corrected chi connectivity index (χ3v) is 2.60. The monoisotopic (exact) mass is 246 g/mol. The van der Waals surface area contributed by atoms with Crippen LogP contribution >= 0.6 is 0 Å². The Morgan fingerprint density at radius 1 is 1.53 bits per heavy atom. The molecule has 94 valence electrons. The van der Waals surface area contributed by atoms with Gasteiger partial charge in [-0.05, 0) is 0 Å². The summed E-state index contributed by atoms with van der Waals surface area (Å²) in [6.45, 7) is -0.559. The lowest BCUT2D eigenvalue weighted by Crippen LogP contribution is -2.35. The molecule has 1 aliphatic heterocycles. The molecule has 4 atom stereocenters. The number of H-pyrrole nitrogens is 1. The van der Waals surface area contributed by atoms with Gasteiger partial charge in [0.15, 0.2) is 12.4 Å². The number of aliphatic hydroxyl groups is 2. The minimum absolute atomic E-state index is 0.559. The van der Waals surface area contributed by atoms with Crippen molar-refractivity contribution in [3.8, 4) is 0 Å². The lowest BCUT2D eigenvalue weighted by atomic mass is 10.1. The number of halogens is 1. The van der Waals surface area contributed by atoms with Crippen LogP contribution in [0.25, 0.3) is 0 Å². The molecule has 0 spiro atoms. The first-order valence-corrected chi connectivity index (χ1v) is 4.94. The van der Waals surface area contributed by atoms with Crippen LogP contribution in [0, 0.1) is 0 Å². The molecule has 0 bridgehead atoms. The van der Waals surface area contributed by atoms with Crippen LogP contribution < -0.4 is 11.2 Å². The van der Waals surface area contributed by atoms with Gasteiger partial charge >= 0.3 is 5.69 Å². The molecule has 1 aliphatic rings. The van der Waals surface area contributed by atoms with Gasteiger partial charge in [-0.25, -0.2) is 9.18 Å². The predicted octanol–water partition coefficient (Wildman–Crippen LogP) is -1.87. The fraction of sp³-hybridized carbons (Fsp3) is 0.556. The predicted molar refractivity (Wildman–Crippen MR) is 53.2 cm³/mol. The van der Waals surface area contributed by atoms with Crippen molar-refractivity contribution in [3.63, 3.8) is 0 Å². The van der Waals surface area contributed by atoms with Crippen LogP contribution in [0.15, 0.2) is 21.9 Å². The first-order chi connectivity index (χ1) is 8.04. The van der Waals surface area contributed by atoms with E-state index < -0.39 is 42.5 Å². The van der Waals surface area contributed by atoms with E-state index in [-0.39, 0.29) is 0 Å². The van der Waals surface area contributed by atoms with E-state index in [0.717, 1.165) is 16.8 Å². The van der Waals surface area contributed by atoms with Crippen LogP contribution in [-0.2, 0) is 4.74 Å². The Balaban J connectivity index is 2.35. The van der Waals surface area contributed by atoms with E-state index in [0.29, 0.717) is 0 Å². The molecule has 0 saturated carbocycles. The summed E-state index contributed by atoms with van der Waals surface area (Å²) in [5.41, 5.74) is -1.45. The summed E-state index contributed by atoms with van der Waals surface area (Å²) in [7, 11) is 0. The maximum Gasteiger partial charge on any atom is 0.330 e. The molecule has 1 fully saturated rings. The molecular formula is C9H11FN2O5. The molecular weight excluding hydrogens is 235 g/mol. The number of hydrogen-bond acceptors (Lipinski definition) is 5. The van der Waals surface area contributed by atoms with Gasteiger partial charge in [-0.1, -0.05) is 0 Å². The average Bonchev–Trinajstić information content (AvgIpc) is 2.57. The standard InChI is InChI=1S/C9H11FN2O5/c10-6-7(15)4(3-13)17-8(6)12-2-1-5(14)11-9(12)16/h1-2,4,6-8,13,15H,3H2,(H,11,14,16)/t4-,6?,7?,8-/m1/s1. The Kier molecular flexibility index (Phi) is 3.09. The molecule has 2 heterocycles. The molecule has 0 aliphatic carbocycles. The van der Waals surface area contributed by atoms with E-state index in [1.54, 1.807) is 0 Å². The second-order valence-corrected chi connectivity index (χ2v) is 3.70. The van der Waals surface area contributed by atoms with Crippen LogP contribution in [0.1, 0.15) is 6.23 Å². The molecule has 7 nitrogen and oxygen atoms in total. The third kappa shape index (κ3) is 2.02. The average molecular weight is 246 g/mol. The Morgan fingerprint density at radius 2 is 2.24 bits per heavy atom. The summed E-state index contributed by atoms with van der Waals surface area (Å²) >= 11 is 0. The number of rotatable bonds is 2. The summed E-state index contributed by atoms with van der Waals surface area (Å²) in [4.78, 5) is 24.2. The Labute approximate surface area is 94.1 Å². The van der Waals surface area contributed by atoms with Gasteiger partial charge in [0.05, 0.1) is 6.61 Å². The number of aromatic nitrogens is 2. The van der Waals surface area contributed by atoms with E-state index in [9.17, 15) is 19.1 Å². The van der Waals surface area contributed by atoms with Crippen LogP contribution in [-0.4, -0.2) is 44.8 Å². The van der Waals surface area contributed by atoms with Crippen LogP contribution in [0.4, 0.5) is 4.39 Å². The highest BCUT2D eigenvalue weighted by Gasteiger charge is 2.45. The minimum Gasteiger partial charge on any atom is -0.394 e. The molecule has 17 heavy (non-hydrogen) atoms. The zero-order valence-corrected chi connectivity index (χ0v) is 8.62. The van der Waals surface area contributed by atoms with Gasteiger partial charge in [-0.2, -0.15) is 0 Å². The van der Waals surface area contributed by atoms with Gasteiger partial charge in [-0.15, -0.1) is 0 Å². The van der Waals surface area contributed by atoms with E-state index in [1.807, 2.05) is 4.98 Å². The number of aromatic amines is 1. The lowest BCUT2D eigenvalue weighted by molar-refractivity contribution is -0.0491. The van der Waals surface area contributed by atoms with Gasteiger partial charge in [0.2, 0.25) is 0 Å². The molecule has 8 heteroatoms. The fourth-order valence-corrected chi connectivity index (χ4v) is 1.71. The van der Waals surface area contributed by atoms with E-state index in [4.69, 9.17) is 9.84 Å². The highest BCUT2D eigenvalue weighted by atomic mass is 19.1. The van der Waals surface area contributed by atoms with Crippen LogP contribution in [0.2, 0.25) is 0 Å². The zero-order chi connectivity index (χ0) is 12.6. The lowest BCUT2D eigenvalue weighted by Gasteiger charge is -2.15. The maximum absolute atomic E-state index is 13.6. The summed E-state index contributed by atoms with van der Waals surface area (Å²) < 4.78 is 19.5. The first-order valence-electron chi connectivity index (χ1n) is 4.94. The second kappa shape index (κ2) is 4.40. The Morgan fingerprint density at radius 3 is 2.76 bits per heavy atom. The summed E-state index contributed by atoms with van der Waals surface area (Å²) in [6, 6.07) is 1.04. The summed E-state index contributed by atoms with van der Waals surface area (Å²) in [5, 5.41) is 18.2. The number of aliphatic hydroxyl groups excluding tert-OH is 2. The smallest absolute Gasteiger partial charge is 0.330 e. The molecule has 2 rings (SSSR count). The molecule has 2 unspecified atom stereocenters. The molecule has 0 radical (unpaired) electrons. The van der Waals surface area contributed by atoms with Gasteiger partial charge in [0, 0.05) is 12.3 Å². The van der Waals surface area contributed by atoms with Crippen molar-refractivity contribution < 1.29 is 19.3 Å². The number of alkyl halides is 1. The molecule has 0 aromatic carbocycles. The third-order valence-electron chi connectivity index (χ3n) is 2.60. The Hall–Kier alpha value is -1.51. The summed E-state index contributed by atoms with van der Waals surface area (Å²) in [5.74, 6) is 0. The van der Waals surface area contributed by atoms with Crippen molar-refractivity contribution in [1.82, 2.24) is 9.55 Å². The van der Waals surface area contributed by atoms with Crippen molar-refractivity contribution in [2.45, 2.75) is 24.6 Å². The van der Waals surface area contributed by atoms with Gasteiger partial charge < -0.3 is 14.9 Å². The van der Waals surface area contributed by atoms with Crippen molar-refractivity contribution in [2.75, 3.05) is 6.61 Å². The fourth-order valence-electron chi connectivity index (χ4n) is 1.71. The van der Waals surface area contributed by atoms with Crippen LogP contribution in [0.3, 0.4) is 0 Å². The van der Waals surface area contributed by atoms with Gasteiger partial charge in [0.1, 0.15) is 12.2 Å².